The van der Waals surface area contributed by atoms with Crippen molar-refractivity contribution < 1.29 is 0 Å². The Morgan fingerprint density at radius 1 is 1.20 bits per heavy atom. The summed E-state index contributed by atoms with van der Waals surface area (Å²) in [5, 5.41) is 4.44. The van der Waals surface area contributed by atoms with Crippen LogP contribution >= 0.6 is 11.6 Å². The van der Waals surface area contributed by atoms with Crippen molar-refractivity contribution in [2.45, 2.75) is 51.7 Å². The number of hydrogen-bond acceptors (Lipinski definition) is 2. The Labute approximate surface area is 128 Å². The minimum Gasteiger partial charge on any atom is -0.314 e. The highest BCUT2D eigenvalue weighted by molar-refractivity contribution is 6.30. The van der Waals surface area contributed by atoms with E-state index in [1.807, 2.05) is 12.1 Å². The van der Waals surface area contributed by atoms with Crippen molar-refractivity contribution in [3.8, 4) is 0 Å². The van der Waals surface area contributed by atoms with E-state index in [2.05, 4.69) is 50.2 Å². The number of benzene rings is 1. The fourth-order valence-electron chi connectivity index (χ4n) is 2.54. The Bertz CT molecular complexity index is 414. The number of nitrogens with zero attached hydrogens (tertiary/aromatic N) is 1. The summed E-state index contributed by atoms with van der Waals surface area (Å²) in [6, 6.07) is 9.96. The van der Waals surface area contributed by atoms with E-state index in [9.17, 15) is 0 Å². The first-order valence-corrected chi connectivity index (χ1v) is 8.07. The molecule has 20 heavy (non-hydrogen) atoms. The van der Waals surface area contributed by atoms with Gasteiger partial charge in [-0.2, -0.15) is 0 Å². The first-order chi connectivity index (χ1) is 9.49. The zero-order valence-electron chi connectivity index (χ0n) is 13.1. The van der Waals surface area contributed by atoms with Gasteiger partial charge >= 0.3 is 0 Å². The first-order valence-electron chi connectivity index (χ1n) is 7.69. The van der Waals surface area contributed by atoms with Crippen LogP contribution in [0.15, 0.2) is 24.3 Å². The maximum absolute atomic E-state index is 5.96. The van der Waals surface area contributed by atoms with Crippen molar-refractivity contribution in [1.82, 2.24) is 10.2 Å². The molecule has 1 aromatic rings. The average molecular weight is 295 g/mol. The molecule has 1 N–H and O–H groups in total. The van der Waals surface area contributed by atoms with E-state index in [1.54, 1.807) is 0 Å². The molecule has 0 amide bonds. The summed E-state index contributed by atoms with van der Waals surface area (Å²) in [6.07, 6.45) is 2.72. The van der Waals surface area contributed by atoms with Gasteiger partial charge in [-0.25, -0.2) is 0 Å². The van der Waals surface area contributed by atoms with Crippen molar-refractivity contribution >= 4 is 11.6 Å². The Hall–Kier alpha value is -0.570. The standard InChI is InChI=1S/C17H27ClN2/c1-12(11-19-17-9-10-17)13(2)20(4)14(3)15-5-7-16(18)8-6-15/h5-8,12-14,17,19H,9-11H2,1-4H3. The second-order valence-electron chi connectivity index (χ2n) is 6.29. The highest BCUT2D eigenvalue weighted by Gasteiger charge is 2.25. The molecule has 1 aliphatic carbocycles. The third-order valence-corrected chi connectivity index (χ3v) is 4.99. The molecule has 2 rings (SSSR count). The Morgan fingerprint density at radius 2 is 1.80 bits per heavy atom. The van der Waals surface area contributed by atoms with Gasteiger partial charge in [0.25, 0.3) is 0 Å². The van der Waals surface area contributed by atoms with Crippen molar-refractivity contribution in [2.75, 3.05) is 13.6 Å². The van der Waals surface area contributed by atoms with E-state index in [4.69, 9.17) is 11.6 Å². The third-order valence-electron chi connectivity index (χ3n) is 4.74. The molecule has 0 radical (unpaired) electrons. The second-order valence-corrected chi connectivity index (χ2v) is 6.73. The van der Waals surface area contributed by atoms with Gasteiger partial charge in [-0.3, -0.25) is 4.90 Å². The molecule has 3 heteroatoms. The van der Waals surface area contributed by atoms with Crippen LogP contribution in [0.5, 0.6) is 0 Å². The molecule has 0 aliphatic heterocycles. The summed E-state index contributed by atoms with van der Waals surface area (Å²) in [6.45, 7) is 8.04. The number of nitrogens with one attached hydrogen (secondary N) is 1. The smallest absolute Gasteiger partial charge is 0.0406 e. The van der Waals surface area contributed by atoms with Crippen molar-refractivity contribution in [2.24, 2.45) is 5.92 Å². The third kappa shape index (κ3) is 4.21. The quantitative estimate of drug-likeness (QED) is 0.814. The molecule has 0 saturated heterocycles. The molecule has 1 fully saturated rings. The van der Waals surface area contributed by atoms with Crippen LogP contribution < -0.4 is 5.32 Å². The molecule has 1 saturated carbocycles. The van der Waals surface area contributed by atoms with Crippen LogP contribution in [0.2, 0.25) is 5.02 Å². The summed E-state index contributed by atoms with van der Waals surface area (Å²) >= 11 is 5.96. The van der Waals surface area contributed by atoms with Crippen LogP contribution in [0, 0.1) is 5.92 Å². The average Bonchev–Trinajstić information content (AvgIpc) is 3.27. The van der Waals surface area contributed by atoms with Crippen LogP contribution in [0.4, 0.5) is 0 Å². The summed E-state index contributed by atoms with van der Waals surface area (Å²) in [7, 11) is 2.22. The lowest BCUT2D eigenvalue weighted by molar-refractivity contribution is 0.149. The highest BCUT2D eigenvalue weighted by Crippen LogP contribution is 2.25. The number of hydrogen-bond donors (Lipinski definition) is 1. The van der Waals surface area contributed by atoms with E-state index in [0.29, 0.717) is 18.0 Å². The topological polar surface area (TPSA) is 15.3 Å². The van der Waals surface area contributed by atoms with Gasteiger partial charge in [0.1, 0.15) is 0 Å². The Balaban J connectivity index is 1.90. The molecular weight excluding hydrogens is 268 g/mol. The maximum Gasteiger partial charge on any atom is 0.0406 e. The minimum absolute atomic E-state index is 0.408. The van der Waals surface area contributed by atoms with E-state index in [0.717, 1.165) is 17.6 Å². The summed E-state index contributed by atoms with van der Waals surface area (Å²) in [4.78, 5) is 2.46. The zero-order chi connectivity index (χ0) is 14.7. The van der Waals surface area contributed by atoms with Gasteiger partial charge in [0.2, 0.25) is 0 Å². The lowest BCUT2D eigenvalue weighted by Crippen LogP contribution is -2.40. The molecule has 2 nitrogen and oxygen atoms in total. The molecule has 0 spiro atoms. The Morgan fingerprint density at radius 3 is 2.35 bits per heavy atom. The fraction of sp³-hybridized carbons (Fsp3) is 0.647. The summed E-state index contributed by atoms with van der Waals surface area (Å²) in [5.74, 6) is 0.648. The predicted octanol–water partition coefficient (Wildman–Crippen LogP) is 4.11. The number of halogens is 1. The maximum atomic E-state index is 5.96. The van der Waals surface area contributed by atoms with Gasteiger partial charge in [-0.1, -0.05) is 30.7 Å². The van der Waals surface area contributed by atoms with Gasteiger partial charge in [0.05, 0.1) is 0 Å². The minimum atomic E-state index is 0.408. The highest BCUT2D eigenvalue weighted by atomic mass is 35.5. The monoisotopic (exact) mass is 294 g/mol. The first kappa shape index (κ1) is 15.8. The number of rotatable bonds is 7. The molecule has 0 bridgehead atoms. The van der Waals surface area contributed by atoms with Crippen molar-refractivity contribution in [1.29, 1.82) is 0 Å². The van der Waals surface area contributed by atoms with Crippen LogP contribution in [-0.4, -0.2) is 30.6 Å². The molecule has 1 aliphatic rings. The molecule has 112 valence electrons. The molecule has 0 aromatic heterocycles. The van der Waals surface area contributed by atoms with Crippen molar-refractivity contribution in [3.63, 3.8) is 0 Å². The van der Waals surface area contributed by atoms with Gasteiger partial charge in [-0.15, -0.1) is 0 Å². The van der Waals surface area contributed by atoms with E-state index in [1.165, 1.54) is 18.4 Å². The van der Waals surface area contributed by atoms with Gasteiger partial charge < -0.3 is 5.32 Å². The molecule has 0 heterocycles. The normalized spacial score (nSPS) is 19.9. The lowest BCUT2D eigenvalue weighted by Gasteiger charge is -2.35. The molecule has 3 atom stereocenters. The van der Waals surface area contributed by atoms with Crippen LogP contribution in [0.25, 0.3) is 0 Å². The van der Waals surface area contributed by atoms with E-state index in [-0.39, 0.29) is 0 Å². The van der Waals surface area contributed by atoms with Gasteiger partial charge in [0, 0.05) is 23.1 Å². The fourth-order valence-corrected chi connectivity index (χ4v) is 2.67. The van der Waals surface area contributed by atoms with Crippen molar-refractivity contribution in [3.05, 3.63) is 34.9 Å². The van der Waals surface area contributed by atoms with E-state index >= 15 is 0 Å². The summed E-state index contributed by atoms with van der Waals surface area (Å²) in [5.41, 5.74) is 1.33. The van der Waals surface area contributed by atoms with Crippen LogP contribution in [0.3, 0.4) is 0 Å². The molecular formula is C17H27ClN2. The summed E-state index contributed by atoms with van der Waals surface area (Å²) < 4.78 is 0. The largest absolute Gasteiger partial charge is 0.314 e. The van der Waals surface area contributed by atoms with Crippen LogP contribution in [-0.2, 0) is 0 Å². The van der Waals surface area contributed by atoms with Gasteiger partial charge in [0.15, 0.2) is 0 Å². The second kappa shape index (κ2) is 6.93. The van der Waals surface area contributed by atoms with Crippen LogP contribution in [0.1, 0.15) is 45.2 Å². The Kier molecular flexibility index (Phi) is 5.48. The predicted molar refractivity (Wildman–Crippen MR) is 87.3 cm³/mol. The van der Waals surface area contributed by atoms with E-state index < -0.39 is 0 Å². The molecule has 1 aromatic carbocycles. The lowest BCUT2D eigenvalue weighted by atomic mass is 9.98. The SMILES string of the molecule is CC(CNC1CC1)C(C)N(C)C(C)c1ccc(Cl)cc1. The zero-order valence-corrected chi connectivity index (χ0v) is 13.8. The van der Waals surface area contributed by atoms with Gasteiger partial charge in [-0.05, 0) is 63.9 Å². The molecule has 3 unspecified atom stereocenters.